The summed E-state index contributed by atoms with van der Waals surface area (Å²) in [7, 11) is 0. The van der Waals surface area contributed by atoms with Crippen molar-refractivity contribution in [3.63, 3.8) is 0 Å². The topological polar surface area (TPSA) is 47.3 Å². The number of nitrogens with two attached hydrogens (primary N) is 1. The Morgan fingerprint density at radius 1 is 1.38 bits per heavy atom. The molecule has 0 spiro atoms. The van der Waals surface area contributed by atoms with Gasteiger partial charge in [0.2, 0.25) is 0 Å². The Morgan fingerprint density at radius 2 is 2.12 bits per heavy atom. The van der Waals surface area contributed by atoms with Crippen molar-refractivity contribution in [3.05, 3.63) is 0 Å². The van der Waals surface area contributed by atoms with Gasteiger partial charge >= 0.3 is 0 Å². The SMILES string of the molecule is CC(C)CC(CN)CNCCOCC1CC1. The summed E-state index contributed by atoms with van der Waals surface area (Å²) < 4.78 is 5.56. The van der Waals surface area contributed by atoms with Crippen LogP contribution in [0.3, 0.4) is 0 Å². The summed E-state index contributed by atoms with van der Waals surface area (Å²) in [5, 5.41) is 3.43. The summed E-state index contributed by atoms with van der Waals surface area (Å²) in [6, 6.07) is 0. The minimum absolute atomic E-state index is 0.614. The van der Waals surface area contributed by atoms with Crippen LogP contribution in [-0.2, 0) is 4.74 Å². The highest BCUT2D eigenvalue weighted by molar-refractivity contribution is 4.72. The lowest BCUT2D eigenvalue weighted by Crippen LogP contribution is -2.31. The third kappa shape index (κ3) is 7.20. The summed E-state index contributed by atoms with van der Waals surface area (Å²) in [4.78, 5) is 0. The minimum Gasteiger partial charge on any atom is -0.380 e. The first kappa shape index (κ1) is 13.9. The maximum atomic E-state index is 5.74. The van der Waals surface area contributed by atoms with Gasteiger partial charge < -0.3 is 15.8 Å². The van der Waals surface area contributed by atoms with E-state index in [9.17, 15) is 0 Å². The van der Waals surface area contributed by atoms with Crippen LogP contribution in [-0.4, -0.2) is 32.8 Å². The van der Waals surface area contributed by atoms with Gasteiger partial charge in [-0.05, 0) is 50.1 Å². The highest BCUT2D eigenvalue weighted by Gasteiger charge is 2.20. The molecule has 0 aromatic heterocycles. The molecule has 1 aliphatic carbocycles. The van der Waals surface area contributed by atoms with Crippen LogP contribution in [0.5, 0.6) is 0 Å². The van der Waals surface area contributed by atoms with Gasteiger partial charge in [0.1, 0.15) is 0 Å². The van der Waals surface area contributed by atoms with E-state index in [1.165, 1.54) is 19.3 Å². The molecule has 1 fully saturated rings. The van der Waals surface area contributed by atoms with Gasteiger partial charge in [0.05, 0.1) is 6.61 Å². The molecule has 3 nitrogen and oxygen atoms in total. The van der Waals surface area contributed by atoms with Gasteiger partial charge in [-0.1, -0.05) is 13.8 Å². The van der Waals surface area contributed by atoms with Crippen molar-refractivity contribution in [2.45, 2.75) is 33.1 Å². The molecule has 1 saturated carbocycles. The van der Waals surface area contributed by atoms with Crippen LogP contribution in [0, 0.1) is 17.8 Å². The zero-order valence-electron chi connectivity index (χ0n) is 10.9. The first-order valence-corrected chi connectivity index (χ1v) is 6.71. The lowest BCUT2D eigenvalue weighted by molar-refractivity contribution is 0.125. The fraction of sp³-hybridized carbons (Fsp3) is 1.00. The molecule has 16 heavy (non-hydrogen) atoms. The lowest BCUT2D eigenvalue weighted by Gasteiger charge is -2.17. The lowest BCUT2D eigenvalue weighted by atomic mass is 9.97. The van der Waals surface area contributed by atoms with Crippen molar-refractivity contribution in [3.8, 4) is 0 Å². The normalized spacial score (nSPS) is 18.0. The molecule has 0 aliphatic heterocycles. The summed E-state index contributed by atoms with van der Waals surface area (Å²) in [5.74, 6) is 2.22. The molecule has 0 radical (unpaired) electrons. The molecule has 1 unspecified atom stereocenters. The van der Waals surface area contributed by atoms with Crippen LogP contribution < -0.4 is 11.1 Å². The van der Waals surface area contributed by atoms with E-state index in [0.29, 0.717) is 5.92 Å². The van der Waals surface area contributed by atoms with Gasteiger partial charge in [-0.2, -0.15) is 0 Å². The van der Waals surface area contributed by atoms with Crippen LogP contribution in [0.2, 0.25) is 0 Å². The second kappa shape index (κ2) is 8.04. The highest BCUT2D eigenvalue weighted by Crippen LogP contribution is 2.28. The van der Waals surface area contributed by atoms with E-state index in [-0.39, 0.29) is 0 Å². The van der Waals surface area contributed by atoms with Crippen molar-refractivity contribution in [2.24, 2.45) is 23.5 Å². The number of hydrogen-bond acceptors (Lipinski definition) is 3. The van der Waals surface area contributed by atoms with Crippen molar-refractivity contribution in [1.29, 1.82) is 0 Å². The van der Waals surface area contributed by atoms with Gasteiger partial charge in [0.15, 0.2) is 0 Å². The van der Waals surface area contributed by atoms with Gasteiger partial charge in [0.25, 0.3) is 0 Å². The standard InChI is InChI=1S/C13H28N2O/c1-11(2)7-13(8-14)9-15-5-6-16-10-12-3-4-12/h11-13,15H,3-10,14H2,1-2H3. The molecular weight excluding hydrogens is 200 g/mol. The average Bonchev–Trinajstić information content (AvgIpc) is 3.04. The third-order valence-corrected chi connectivity index (χ3v) is 3.04. The van der Waals surface area contributed by atoms with E-state index < -0.39 is 0 Å². The van der Waals surface area contributed by atoms with E-state index in [1.54, 1.807) is 0 Å². The van der Waals surface area contributed by atoms with E-state index >= 15 is 0 Å². The van der Waals surface area contributed by atoms with Gasteiger partial charge in [-0.25, -0.2) is 0 Å². The summed E-state index contributed by atoms with van der Waals surface area (Å²) in [5.41, 5.74) is 5.74. The second-order valence-corrected chi connectivity index (χ2v) is 5.45. The van der Waals surface area contributed by atoms with Crippen molar-refractivity contribution < 1.29 is 4.74 Å². The molecule has 0 aromatic rings. The highest BCUT2D eigenvalue weighted by atomic mass is 16.5. The van der Waals surface area contributed by atoms with Crippen molar-refractivity contribution in [2.75, 3.05) is 32.8 Å². The van der Waals surface area contributed by atoms with E-state index in [0.717, 1.165) is 44.7 Å². The fourth-order valence-electron chi connectivity index (χ4n) is 1.91. The predicted molar refractivity (Wildman–Crippen MR) is 68.4 cm³/mol. The maximum Gasteiger partial charge on any atom is 0.0591 e. The summed E-state index contributed by atoms with van der Waals surface area (Å²) >= 11 is 0. The third-order valence-electron chi connectivity index (χ3n) is 3.04. The Labute approximate surface area is 100 Å². The molecule has 3 heteroatoms. The van der Waals surface area contributed by atoms with Crippen LogP contribution in [0.25, 0.3) is 0 Å². The largest absolute Gasteiger partial charge is 0.380 e. The quantitative estimate of drug-likeness (QED) is 0.559. The van der Waals surface area contributed by atoms with Crippen LogP contribution in [0.4, 0.5) is 0 Å². The first-order chi connectivity index (χ1) is 7.72. The van der Waals surface area contributed by atoms with Gasteiger partial charge in [-0.3, -0.25) is 0 Å². The molecule has 0 saturated heterocycles. The molecule has 1 rings (SSSR count). The summed E-state index contributed by atoms with van der Waals surface area (Å²) in [6.07, 6.45) is 3.96. The van der Waals surface area contributed by atoms with Crippen LogP contribution in [0.15, 0.2) is 0 Å². The number of hydrogen-bond donors (Lipinski definition) is 2. The molecule has 0 aromatic carbocycles. The first-order valence-electron chi connectivity index (χ1n) is 6.71. The number of nitrogens with one attached hydrogen (secondary N) is 1. The van der Waals surface area contributed by atoms with Gasteiger partial charge in [-0.15, -0.1) is 0 Å². The molecule has 0 amide bonds. The number of ether oxygens (including phenoxy) is 1. The summed E-state index contributed by atoms with van der Waals surface area (Å²) in [6.45, 7) is 9.09. The predicted octanol–water partition coefficient (Wildman–Crippen LogP) is 1.62. The maximum absolute atomic E-state index is 5.74. The Hall–Kier alpha value is -0.120. The molecule has 1 atom stereocenters. The average molecular weight is 228 g/mol. The molecule has 0 heterocycles. The molecule has 3 N–H and O–H groups in total. The number of rotatable bonds is 10. The minimum atomic E-state index is 0.614. The van der Waals surface area contributed by atoms with Crippen LogP contribution in [0.1, 0.15) is 33.1 Å². The Morgan fingerprint density at radius 3 is 2.69 bits per heavy atom. The zero-order valence-corrected chi connectivity index (χ0v) is 10.9. The second-order valence-electron chi connectivity index (χ2n) is 5.45. The molecule has 1 aliphatic rings. The van der Waals surface area contributed by atoms with E-state index in [1.807, 2.05) is 0 Å². The smallest absolute Gasteiger partial charge is 0.0591 e. The van der Waals surface area contributed by atoms with E-state index in [2.05, 4.69) is 19.2 Å². The van der Waals surface area contributed by atoms with Crippen LogP contribution >= 0.6 is 0 Å². The Bertz CT molecular complexity index is 169. The van der Waals surface area contributed by atoms with E-state index in [4.69, 9.17) is 10.5 Å². The Balaban J connectivity index is 1.86. The van der Waals surface area contributed by atoms with Gasteiger partial charge in [0, 0.05) is 13.2 Å². The molecular formula is C13H28N2O. The van der Waals surface area contributed by atoms with Crippen molar-refractivity contribution in [1.82, 2.24) is 5.32 Å². The zero-order chi connectivity index (χ0) is 11.8. The Kier molecular flexibility index (Phi) is 7.01. The fourth-order valence-corrected chi connectivity index (χ4v) is 1.91. The molecule has 96 valence electrons. The monoisotopic (exact) mass is 228 g/mol. The van der Waals surface area contributed by atoms with Crippen molar-refractivity contribution >= 4 is 0 Å². The molecule has 0 bridgehead atoms.